The number of hydrogen-bond donors (Lipinski definition) is 0. The second kappa shape index (κ2) is 9.65. The number of benzene rings is 1. The molecule has 0 saturated carbocycles. The van der Waals surface area contributed by atoms with Gasteiger partial charge in [-0.1, -0.05) is 29.8 Å². The Morgan fingerprint density at radius 1 is 1.21 bits per heavy atom. The van der Waals surface area contributed by atoms with E-state index in [1.54, 1.807) is 45.1 Å². The molecular weight excluding hydrogens is 384 g/mol. The Morgan fingerprint density at radius 2 is 1.89 bits per heavy atom. The van der Waals surface area contributed by atoms with E-state index in [9.17, 15) is 13.2 Å². The van der Waals surface area contributed by atoms with Crippen LogP contribution in [0.5, 0.6) is 0 Å². The Balaban J connectivity index is 1.95. The van der Waals surface area contributed by atoms with E-state index in [0.717, 1.165) is 5.56 Å². The maximum atomic E-state index is 12.4. The van der Waals surface area contributed by atoms with Crippen LogP contribution in [0.15, 0.2) is 41.3 Å². The molecule has 0 amide bonds. The maximum Gasteiger partial charge on any atom is 0.306 e. The van der Waals surface area contributed by atoms with E-state index in [-0.39, 0.29) is 23.9 Å². The summed E-state index contributed by atoms with van der Waals surface area (Å²) in [6, 6.07) is 6.44. The molecule has 0 N–H and O–H groups in total. The van der Waals surface area contributed by atoms with Crippen LogP contribution in [-0.4, -0.2) is 45.6 Å². The van der Waals surface area contributed by atoms with Crippen molar-refractivity contribution in [1.29, 1.82) is 0 Å². The van der Waals surface area contributed by atoms with E-state index in [1.165, 1.54) is 12.1 Å². The number of carbonyl (C=O) groups excluding carboxylic acids is 1. The Kier molecular flexibility index (Phi) is 7.77. The summed E-state index contributed by atoms with van der Waals surface area (Å²) in [7, 11) is -3.89. The fraction of sp³-hybridized carbons (Fsp3) is 0.550. The Labute approximate surface area is 166 Å². The highest BCUT2D eigenvalue weighted by Crippen LogP contribution is 2.30. The molecule has 8 heteroatoms. The molecule has 156 valence electrons. The van der Waals surface area contributed by atoms with Crippen molar-refractivity contribution in [2.75, 3.05) is 13.2 Å². The Morgan fingerprint density at radius 3 is 2.54 bits per heavy atom. The summed E-state index contributed by atoms with van der Waals surface area (Å²) in [6.07, 6.45) is 3.26. The minimum absolute atomic E-state index is 0.0952. The third-order valence-electron chi connectivity index (χ3n) is 4.06. The normalized spacial score (nSPS) is 21.9. The van der Waals surface area contributed by atoms with Crippen molar-refractivity contribution in [3.63, 3.8) is 0 Å². The van der Waals surface area contributed by atoms with Gasteiger partial charge in [0.15, 0.2) is 5.79 Å². The van der Waals surface area contributed by atoms with Crippen LogP contribution in [0.1, 0.15) is 39.2 Å². The number of ether oxygens (including phenoxy) is 3. The van der Waals surface area contributed by atoms with Crippen LogP contribution in [-0.2, 0) is 33.3 Å². The number of esters is 1. The molecular formula is C20H28O7S. The number of aryl methyl sites for hydroxylation is 1. The third kappa shape index (κ3) is 6.70. The Hall–Kier alpha value is -1.74. The topological polar surface area (TPSA) is 88.1 Å². The van der Waals surface area contributed by atoms with E-state index in [2.05, 4.69) is 0 Å². The summed E-state index contributed by atoms with van der Waals surface area (Å²) in [5.74, 6) is -1.13. The standard InChI is InChI=1S/C20H28O7S/c1-5-24-19(21)9-7-6-8-17-18(27-20(3,4)26-17)14-25-28(22,23)16-12-10-15(2)11-13-16/h6,8,10-13,17-18H,5,7,9,14H2,1-4H3/t17-,18+/m0/s1. The number of hydrogen-bond acceptors (Lipinski definition) is 7. The van der Waals surface area contributed by atoms with Gasteiger partial charge in [0.2, 0.25) is 0 Å². The average Bonchev–Trinajstić information content (AvgIpc) is 2.91. The zero-order valence-corrected chi connectivity index (χ0v) is 17.5. The molecule has 1 aliphatic rings. The zero-order valence-electron chi connectivity index (χ0n) is 16.7. The third-order valence-corrected chi connectivity index (χ3v) is 5.36. The molecule has 1 saturated heterocycles. The van der Waals surface area contributed by atoms with Gasteiger partial charge < -0.3 is 14.2 Å². The maximum absolute atomic E-state index is 12.4. The largest absolute Gasteiger partial charge is 0.466 e. The minimum Gasteiger partial charge on any atom is -0.466 e. The monoisotopic (exact) mass is 412 g/mol. The summed E-state index contributed by atoms with van der Waals surface area (Å²) >= 11 is 0. The molecule has 2 rings (SSSR count). The zero-order chi connectivity index (χ0) is 20.8. The van der Waals surface area contributed by atoms with E-state index in [1.807, 2.05) is 6.92 Å². The van der Waals surface area contributed by atoms with Gasteiger partial charge in [-0.25, -0.2) is 0 Å². The molecule has 1 aromatic rings. The van der Waals surface area contributed by atoms with E-state index in [0.29, 0.717) is 13.0 Å². The van der Waals surface area contributed by atoms with Crippen LogP contribution in [0.3, 0.4) is 0 Å². The van der Waals surface area contributed by atoms with Gasteiger partial charge in [0, 0.05) is 6.42 Å². The van der Waals surface area contributed by atoms with Gasteiger partial charge >= 0.3 is 5.97 Å². The molecule has 0 unspecified atom stereocenters. The molecule has 28 heavy (non-hydrogen) atoms. The van der Waals surface area contributed by atoms with Crippen LogP contribution in [0.25, 0.3) is 0 Å². The molecule has 0 bridgehead atoms. The first-order valence-corrected chi connectivity index (χ1v) is 10.7. The van der Waals surface area contributed by atoms with Crippen LogP contribution in [0, 0.1) is 6.92 Å². The fourth-order valence-corrected chi connectivity index (χ4v) is 3.67. The second-order valence-corrected chi connectivity index (χ2v) is 8.58. The van der Waals surface area contributed by atoms with Gasteiger partial charge in [0.05, 0.1) is 18.1 Å². The van der Waals surface area contributed by atoms with Crippen molar-refractivity contribution < 1.29 is 31.6 Å². The molecule has 0 spiro atoms. The first-order chi connectivity index (χ1) is 13.1. The first kappa shape index (κ1) is 22.5. The highest BCUT2D eigenvalue weighted by Gasteiger charge is 2.40. The van der Waals surface area contributed by atoms with Gasteiger partial charge in [-0.3, -0.25) is 8.98 Å². The summed E-state index contributed by atoms with van der Waals surface area (Å²) in [4.78, 5) is 11.5. The minimum atomic E-state index is -3.89. The van der Waals surface area contributed by atoms with E-state index >= 15 is 0 Å². The molecule has 1 aliphatic heterocycles. The molecule has 2 atom stereocenters. The van der Waals surface area contributed by atoms with E-state index < -0.39 is 28.1 Å². The number of carbonyl (C=O) groups is 1. The molecule has 1 fully saturated rings. The lowest BCUT2D eigenvalue weighted by Crippen LogP contribution is -2.28. The molecule has 7 nitrogen and oxygen atoms in total. The summed E-state index contributed by atoms with van der Waals surface area (Å²) in [6.45, 7) is 7.32. The summed E-state index contributed by atoms with van der Waals surface area (Å²) < 4.78 is 46.4. The smallest absolute Gasteiger partial charge is 0.306 e. The number of allylic oxidation sites excluding steroid dienone is 1. The second-order valence-electron chi connectivity index (χ2n) is 6.96. The predicted molar refractivity (Wildman–Crippen MR) is 103 cm³/mol. The summed E-state index contributed by atoms with van der Waals surface area (Å²) in [5.41, 5.74) is 0.959. The van der Waals surface area contributed by atoms with Gasteiger partial charge in [-0.15, -0.1) is 0 Å². The lowest BCUT2D eigenvalue weighted by atomic mass is 10.2. The van der Waals surface area contributed by atoms with Crippen LogP contribution >= 0.6 is 0 Å². The van der Waals surface area contributed by atoms with Gasteiger partial charge in [-0.05, 0) is 46.2 Å². The number of rotatable bonds is 9. The van der Waals surface area contributed by atoms with E-state index in [4.69, 9.17) is 18.4 Å². The molecule has 0 aliphatic carbocycles. The van der Waals surface area contributed by atoms with Crippen molar-refractivity contribution in [2.45, 2.75) is 63.4 Å². The van der Waals surface area contributed by atoms with Gasteiger partial charge in [-0.2, -0.15) is 8.42 Å². The SMILES string of the molecule is CCOC(=O)CCC=C[C@@H]1OC(C)(C)O[C@@H]1COS(=O)(=O)c1ccc(C)cc1. The van der Waals surface area contributed by atoms with Crippen LogP contribution < -0.4 is 0 Å². The molecule has 1 heterocycles. The Bertz CT molecular complexity index is 781. The lowest BCUT2D eigenvalue weighted by Gasteiger charge is -2.16. The summed E-state index contributed by atoms with van der Waals surface area (Å²) in [5, 5.41) is 0. The highest BCUT2D eigenvalue weighted by atomic mass is 32.2. The van der Waals surface area contributed by atoms with Crippen LogP contribution in [0.4, 0.5) is 0 Å². The fourth-order valence-electron chi connectivity index (χ4n) is 2.75. The quantitative estimate of drug-likeness (QED) is 0.350. The van der Waals surface area contributed by atoms with Crippen molar-refractivity contribution in [2.24, 2.45) is 0 Å². The molecule has 0 radical (unpaired) electrons. The molecule has 1 aromatic carbocycles. The van der Waals surface area contributed by atoms with Gasteiger partial charge in [0.25, 0.3) is 10.1 Å². The first-order valence-electron chi connectivity index (χ1n) is 9.27. The van der Waals surface area contributed by atoms with Crippen LogP contribution in [0.2, 0.25) is 0 Å². The van der Waals surface area contributed by atoms with Gasteiger partial charge in [0.1, 0.15) is 12.2 Å². The predicted octanol–water partition coefficient (Wildman–Crippen LogP) is 3.12. The van der Waals surface area contributed by atoms with Crippen molar-refractivity contribution >= 4 is 16.1 Å². The van der Waals surface area contributed by atoms with Crippen molar-refractivity contribution in [1.82, 2.24) is 0 Å². The van der Waals surface area contributed by atoms with Crippen molar-refractivity contribution in [3.05, 3.63) is 42.0 Å². The molecule has 0 aromatic heterocycles. The average molecular weight is 413 g/mol. The highest BCUT2D eigenvalue weighted by molar-refractivity contribution is 7.86. The lowest BCUT2D eigenvalue weighted by molar-refractivity contribution is -0.145. The van der Waals surface area contributed by atoms with Crippen molar-refractivity contribution in [3.8, 4) is 0 Å².